The molecule has 1 rings (SSSR count). The molecule has 0 saturated carbocycles. The molecule has 1 aromatic rings. The lowest BCUT2D eigenvalue weighted by atomic mass is 10.1. The van der Waals surface area contributed by atoms with Crippen LogP contribution in [0.4, 0.5) is 0 Å². The lowest BCUT2D eigenvalue weighted by molar-refractivity contribution is 0.166. The molecular formula is C12H19BrOS. The number of aliphatic hydroxyl groups excluding tert-OH is 1. The van der Waals surface area contributed by atoms with Gasteiger partial charge in [0, 0.05) is 9.35 Å². The summed E-state index contributed by atoms with van der Waals surface area (Å²) in [5.41, 5.74) is 0. The number of hydrogen-bond acceptors (Lipinski definition) is 2. The summed E-state index contributed by atoms with van der Waals surface area (Å²) in [6.07, 6.45) is 6.88. The minimum absolute atomic E-state index is 0.277. The minimum atomic E-state index is -0.277. The van der Waals surface area contributed by atoms with Crippen LogP contribution in [-0.2, 0) is 0 Å². The Kier molecular flexibility index (Phi) is 6.53. The van der Waals surface area contributed by atoms with E-state index in [0.717, 1.165) is 22.2 Å². The summed E-state index contributed by atoms with van der Waals surface area (Å²) < 4.78 is 1.05. The monoisotopic (exact) mass is 290 g/mol. The van der Waals surface area contributed by atoms with Gasteiger partial charge in [0.25, 0.3) is 0 Å². The van der Waals surface area contributed by atoms with Crippen molar-refractivity contribution in [3.05, 3.63) is 20.8 Å². The number of thiophene rings is 1. The molecule has 0 aliphatic heterocycles. The van der Waals surface area contributed by atoms with E-state index in [1.54, 1.807) is 11.3 Å². The zero-order chi connectivity index (χ0) is 11.1. The Morgan fingerprint density at radius 3 is 2.67 bits per heavy atom. The second-order valence-electron chi connectivity index (χ2n) is 3.85. The van der Waals surface area contributed by atoms with Crippen LogP contribution in [0.1, 0.15) is 56.4 Å². The molecule has 1 atom stereocenters. The summed E-state index contributed by atoms with van der Waals surface area (Å²) in [5.74, 6) is 0. The second-order valence-corrected chi connectivity index (χ2v) is 5.65. The average molecular weight is 291 g/mol. The first-order valence-corrected chi connectivity index (χ1v) is 7.34. The molecule has 0 aliphatic rings. The molecule has 0 fully saturated rings. The van der Waals surface area contributed by atoms with Gasteiger partial charge >= 0.3 is 0 Å². The van der Waals surface area contributed by atoms with Crippen molar-refractivity contribution in [2.45, 2.75) is 51.6 Å². The molecule has 0 bridgehead atoms. The Morgan fingerprint density at radius 2 is 2.07 bits per heavy atom. The van der Waals surface area contributed by atoms with Crippen LogP contribution in [0.15, 0.2) is 15.9 Å². The van der Waals surface area contributed by atoms with E-state index in [2.05, 4.69) is 22.9 Å². The Labute approximate surface area is 105 Å². The van der Waals surface area contributed by atoms with Crippen LogP contribution in [0.3, 0.4) is 0 Å². The van der Waals surface area contributed by atoms with E-state index >= 15 is 0 Å². The van der Waals surface area contributed by atoms with Crippen LogP contribution in [0.5, 0.6) is 0 Å². The first kappa shape index (κ1) is 13.2. The smallest absolute Gasteiger partial charge is 0.0893 e. The maximum atomic E-state index is 9.93. The van der Waals surface area contributed by atoms with Crippen molar-refractivity contribution in [1.29, 1.82) is 0 Å². The van der Waals surface area contributed by atoms with Gasteiger partial charge in [0.1, 0.15) is 0 Å². The molecular weight excluding hydrogens is 272 g/mol. The molecule has 0 spiro atoms. The minimum Gasteiger partial charge on any atom is -0.388 e. The molecule has 0 aromatic carbocycles. The SMILES string of the molecule is CCCCCCCC(O)c1sccc1Br. The topological polar surface area (TPSA) is 20.2 Å². The van der Waals surface area contributed by atoms with Gasteiger partial charge in [-0.3, -0.25) is 0 Å². The van der Waals surface area contributed by atoms with E-state index in [1.165, 1.54) is 25.7 Å². The predicted octanol–water partition coefficient (Wildman–Crippen LogP) is 4.90. The normalized spacial score (nSPS) is 13.0. The first-order valence-electron chi connectivity index (χ1n) is 5.66. The summed E-state index contributed by atoms with van der Waals surface area (Å²) in [6.45, 7) is 2.22. The highest BCUT2D eigenvalue weighted by molar-refractivity contribution is 9.10. The van der Waals surface area contributed by atoms with E-state index in [-0.39, 0.29) is 6.10 Å². The van der Waals surface area contributed by atoms with Gasteiger partial charge in [-0.25, -0.2) is 0 Å². The Hall–Kier alpha value is 0.140. The third-order valence-corrected chi connectivity index (χ3v) is 4.50. The second kappa shape index (κ2) is 7.42. The fourth-order valence-electron chi connectivity index (χ4n) is 1.62. The van der Waals surface area contributed by atoms with E-state index in [9.17, 15) is 5.11 Å². The van der Waals surface area contributed by atoms with Gasteiger partial charge in [0.2, 0.25) is 0 Å². The fraction of sp³-hybridized carbons (Fsp3) is 0.667. The van der Waals surface area contributed by atoms with Crippen molar-refractivity contribution in [1.82, 2.24) is 0 Å². The standard InChI is InChI=1S/C12H19BrOS/c1-2-3-4-5-6-7-11(14)12-10(13)8-9-15-12/h8-9,11,14H,2-7H2,1H3. The van der Waals surface area contributed by atoms with Crippen LogP contribution >= 0.6 is 27.3 Å². The van der Waals surface area contributed by atoms with Crippen LogP contribution in [0.25, 0.3) is 0 Å². The molecule has 0 amide bonds. The van der Waals surface area contributed by atoms with Gasteiger partial charge < -0.3 is 5.11 Å². The highest BCUT2D eigenvalue weighted by Gasteiger charge is 2.11. The predicted molar refractivity (Wildman–Crippen MR) is 70.4 cm³/mol. The summed E-state index contributed by atoms with van der Waals surface area (Å²) >= 11 is 5.08. The van der Waals surface area contributed by atoms with Crippen molar-refractivity contribution in [2.75, 3.05) is 0 Å². The summed E-state index contributed by atoms with van der Waals surface area (Å²) in [6, 6.07) is 2.00. The Morgan fingerprint density at radius 1 is 1.33 bits per heavy atom. The van der Waals surface area contributed by atoms with Crippen molar-refractivity contribution in [3.63, 3.8) is 0 Å². The van der Waals surface area contributed by atoms with Crippen LogP contribution in [-0.4, -0.2) is 5.11 Å². The molecule has 1 N–H and O–H groups in total. The van der Waals surface area contributed by atoms with Crippen molar-refractivity contribution >= 4 is 27.3 Å². The average Bonchev–Trinajstić information content (AvgIpc) is 2.64. The van der Waals surface area contributed by atoms with Gasteiger partial charge in [0.15, 0.2) is 0 Å². The lowest BCUT2D eigenvalue weighted by Gasteiger charge is -2.08. The van der Waals surface area contributed by atoms with E-state index < -0.39 is 0 Å². The zero-order valence-electron chi connectivity index (χ0n) is 9.21. The van der Waals surface area contributed by atoms with Crippen molar-refractivity contribution < 1.29 is 5.11 Å². The quantitative estimate of drug-likeness (QED) is 0.708. The number of aliphatic hydroxyl groups is 1. The summed E-state index contributed by atoms with van der Waals surface area (Å²) in [7, 11) is 0. The molecule has 15 heavy (non-hydrogen) atoms. The van der Waals surface area contributed by atoms with Gasteiger partial charge in [-0.05, 0) is 33.8 Å². The maximum Gasteiger partial charge on any atom is 0.0893 e. The zero-order valence-corrected chi connectivity index (χ0v) is 11.6. The highest BCUT2D eigenvalue weighted by Crippen LogP contribution is 2.31. The number of unbranched alkanes of at least 4 members (excludes halogenated alkanes) is 4. The molecule has 0 radical (unpaired) electrons. The molecule has 1 aromatic heterocycles. The third-order valence-electron chi connectivity index (χ3n) is 2.53. The largest absolute Gasteiger partial charge is 0.388 e. The van der Waals surface area contributed by atoms with Crippen LogP contribution in [0, 0.1) is 0 Å². The van der Waals surface area contributed by atoms with E-state index in [0.29, 0.717) is 0 Å². The summed E-state index contributed by atoms with van der Waals surface area (Å²) in [4.78, 5) is 1.07. The molecule has 1 unspecified atom stereocenters. The van der Waals surface area contributed by atoms with Crippen LogP contribution in [0.2, 0.25) is 0 Å². The van der Waals surface area contributed by atoms with Crippen LogP contribution < -0.4 is 0 Å². The molecule has 0 aliphatic carbocycles. The Balaban J connectivity index is 2.19. The van der Waals surface area contributed by atoms with Gasteiger partial charge in [0.05, 0.1) is 6.10 Å². The molecule has 3 heteroatoms. The van der Waals surface area contributed by atoms with E-state index in [4.69, 9.17) is 0 Å². The van der Waals surface area contributed by atoms with Gasteiger partial charge in [-0.1, -0.05) is 39.0 Å². The fourth-order valence-corrected chi connectivity index (χ4v) is 3.27. The highest BCUT2D eigenvalue weighted by atomic mass is 79.9. The van der Waals surface area contributed by atoms with Crippen molar-refractivity contribution in [2.24, 2.45) is 0 Å². The van der Waals surface area contributed by atoms with E-state index in [1.807, 2.05) is 11.4 Å². The molecule has 0 saturated heterocycles. The number of rotatable bonds is 7. The van der Waals surface area contributed by atoms with Crippen molar-refractivity contribution in [3.8, 4) is 0 Å². The number of hydrogen-bond donors (Lipinski definition) is 1. The third kappa shape index (κ3) is 4.66. The maximum absolute atomic E-state index is 9.93. The lowest BCUT2D eigenvalue weighted by Crippen LogP contribution is -1.95. The Bertz CT molecular complexity index is 272. The summed E-state index contributed by atoms with van der Waals surface area (Å²) in [5, 5.41) is 11.9. The molecule has 86 valence electrons. The van der Waals surface area contributed by atoms with Gasteiger partial charge in [-0.2, -0.15) is 0 Å². The molecule has 1 heterocycles. The number of halogens is 1. The molecule has 1 nitrogen and oxygen atoms in total. The van der Waals surface area contributed by atoms with Gasteiger partial charge in [-0.15, -0.1) is 11.3 Å². The first-order chi connectivity index (χ1) is 7.25.